The first-order chi connectivity index (χ1) is 9.28. The fourth-order valence-electron chi connectivity index (χ4n) is 2.08. The Hall–Kier alpha value is -1.50. The van der Waals surface area contributed by atoms with Gasteiger partial charge in [-0.25, -0.2) is 15.8 Å². The third-order valence-electron chi connectivity index (χ3n) is 3.06. The highest BCUT2D eigenvalue weighted by Crippen LogP contribution is 2.26. The van der Waals surface area contributed by atoms with Gasteiger partial charge in [-0.2, -0.15) is 0 Å². The Kier molecular flexibility index (Phi) is 3.46. The summed E-state index contributed by atoms with van der Waals surface area (Å²) in [6, 6.07) is 7.89. The molecule has 3 rings (SSSR count). The van der Waals surface area contributed by atoms with E-state index in [2.05, 4.69) is 31.3 Å². The van der Waals surface area contributed by atoms with Gasteiger partial charge in [0.15, 0.2) is 5.82 Å². The Balaban J connectivity index is 2.09. The van der Waals surface area contributed by atoms with Crippen LogP contribution in [0.15, 0.2) is 28.7 Å². The van der Waals surface area contributed by atoms with Crippen molar-refractivity contribution in [2.24, 2.45) is 5.84 Å². The topological polar surface area (TPSA) is 73.1 Å². The lowest BCUT2D eigenvalue weighted by atomic mass is 10.1. The molecule has 0 unspecified atom stereocenters. The summed E-state index contributed by atoms with van der Waals surface area (Å²) in [6.45, 7) is 1.20. The summed E-state index contributed by atoms with van der Waals surface area (Å²) in [5.41, 5.74) is 5.56. The number of nitrogens with one attached hydrogen (secondary N) is 1. The summed E-state index contributed by atoms with van der Waals surface area (Å²) in [5, 5.41) is 0. The van der Waals surface area contributed by atoms with Crippen LogP contribution in [-0.4, -0.2) is 16.6 Å². The van der Waals surface area contributed by atoms with Crippen molar-refractivity contribution in [3.63, 3.8) is 0 Å². The smallest absolute Gasteiger partial charge is 0.161 e. The van der Waals surface area contributed by atoms with Crippen LogP contribution in [0.2, 0.25) is 0 Å². The van der Waals surface area contributed by atoms with Crippen LogP contribution in [0.3, 0.4) is 0 Å². The zero-order valence-corrected chi connectivity index (χ0v) is 11.8. The van der Waals surface area contributed by atoms with Crippen LogP contribution in [0.5, 0.6) is 0 Å². The van der Waals surface area contributed by atoms with E-state index in [0.29, 0.717) is 24.9 Å². The van der Waals surface area contributed by atoms with Gasteiger partial charge < -0.3 is 10.2 Å². The molecule has 0 spiro atoms. The van der Waals surface area contributed by atoms with Crippen LogP contribution in [0, 0.1) is 0 Å². The molecule has 0 radical (unpaired) electrons. The number of aromatic nitrogens is 2. The number of nitrogens with two attached hydrogens (primary N) is 1. The zero-order valence-electron chi connectivity index (χ0n) is 10.2. The predicted octanol–water partition coefficient (Wildman–Crippen LogP) is 2.26. The number of hydrazine groups is 1. The third kappa shape index (κ3) is 2.47. The van der Waals surface area contributed by atoms with Gasteiger partial charge in [-0.05, 0) is 12.1 Å². The fraction of sp³-hybridized carbons (Fsp3) is 0.231. The number of ether oxygens (including phenoxy) is 1. The number of benzene rings is 1. The van der Waals surface area contributed by atoms with Crippen molar-refractivity contribution >= 4 is 21.7 Å². The third-order valence-corrected chi connectivity index (χ3v) is 3.59. The van der Waals surface area contributed by atoms with E-state index in [-0.39, 0.29) is 0 Å². The fourth-order valence-corrected chi connectivity index (χ4v) is 2.34. The SMILES string of the molecule is NNc1nc(-c2ccc(Br)cc2)nc2c1COCC2. The number of hydrogen-bond acceptors (Lipinski definition) is 5. The van der Waals surface area contributed by atoms with Crippen LogP contribution in [0.4, 0.5) is 5.82 Å². The minimum absolute atomic E-state index is 0.509. The van der Waals surface area contributed by atoms with Crippen molar-refractivity contribution < 1.29 is 4.74 Å². The van der Waals surface area contributed by atoms with Gasteiger partial charge in [0.05, 0.1) is 18.9 Å². The van der Waals surface area contributed by atoms with Crippen molar-refractivity contribution in [2.75, 3.05) is 12.0 Å². The van der Waals surface area contributed by atoms with Gasteiger partial charge >= 0.3 is 0 Å². The van der Waals surface area contributed by atoms with Crippen molar-refractivity contribution in [2.45, 2.75) is 13.0 Å². The van der Waals surface area contributed by atoms with E-state index in [9.17, 15) is 0 Å². The lowest BCUT2D eigenvalue weighted by Crippen LogP contribution is -2.19. The van der Waals surface area contributed by atoms with Crippen LogP contribution in [-0.2, 0) is 17.8 Å². The van der Waals surface area contributed by atoms with Gasteiger partial charge in [-0.15, -0.1) is 0 Å². The Morgan fingerprint density at radius 2 is 2.00 bits per heavy atom. The van der Waals surface area contributed by atoms with Gasteiger partial charge in [0.2, 0.25) is 0 Å². The number of nitrogen functional groups attached to an aromatic ring is 1. The molecule has 5 nitrogen and oxygen atoms in total. The summed E-state index contributed by atoms with van der Waals surface area (Å²) in [7, 11) is 0. The highest BCUT2D eigenvalue weighted by molar-refractivity contribution is 9.10. The molecule has 98 valence electrons. The van der Waals surface area contributed by atoms with Crippen LogP contribution in [0.25, 0.3) is 11.4 Å². The molecule has 2 heterocycles. The summed E-state index contributed by atoms with van der Waals surface area (Å²) in [4.78, 5) is 9.08. The minimum atomic E-state index is 0.509. The summed E-state index contributed by atoms with van der Waals surface area (Å²) in [6.07, 6.45) is 0.788. The highest BCUT2D eigenvalue weighted by Gasteiger charge is 2.18. The first-order valence-corrected chi connectivity index (χ1v) is 6.77. The molecule has 1 aromatic carbocycles. The maximum atomic E-state index is 5.54. The van der Waals surface area contributed by atoms with E-state index < -0.39 is 0 Å². The van der Waals surface area contributed by atoms with E-state index in [0.717, 1.165) is 27.7 Å². The first-order valence-electron chi connectivity index (χ1n) is 5.98. The second-order valence-corrected chi connectivity index (χ2v) is 5.19. The largest absolute Gasteiger partial charge is 0.376 e. The Morgan fingerprint density at radius 3 is 2.74 bits per heavy atom. The summed E-state index contributed by atoms with van der Waals surface area (Å²) < 4.78 is 6.45. The molecule has 19 heavy (non-hydrogen) atoms. The average molecular weight is 321 g/mol. The molecular weight excluding hydrogens is 308 g/mol. The normalized spacial score (nSPS) is 14.0. The number of hydrogen-bond donors (Lipinski definition) is 2. The van der Waals surface area contributed by atoms with Crippen molar-refractivity contribution in [3.8, 4) is 11.4 Å². The molecule has 2 aromatic rings. The molecule has 0 aliphatic carbocycles. The molecule has 1 aliphatic heterocycles. The highest BCUT2D eigenvalue weighted by atomic mass is 79.9. The number of anilines is 1. The molecular formula is C13H13BrN4O. The summed E-state index contributed by atoms with van der Waals surface area (Å²) >= 11 is 3.42. The molecule has 6 heteroatoms. The van der Waals surface area contributed by atoms with Crippen molar-refractivity contribution in [3.05, 3.63) is 40.0 Å². The van der Waals surface area contributed by atoms with Gasteiger partial charge in [-0.1, -0.05) is 28.1 Å². The van der Waals surface area contributed by atoms with E-state index in [1.807, 2.05) is 24.3 Å². The minimum Gasteiger partial charge on any atom is -0.376 e. The summed E-state index contributed by atoms with van der Waals surface area (Å²) in [5.74, 6) is 6.86. The molecule has 1 aliphatic rings. The Bertz CT molecular complexity index is 583. The molecule has 0 saturated carbocycles. The zero-order chi connectivity index (χ0) is 13.2. The van der Waals surface area contributed by atoms with E-state index in [1.54, 1.807) is 0 Å². The number of nitrogens with zero attached hydrogens (tertiary/aromatic N) is 2. The maximum absolute atomic E-state index is 5.54. The molecule has 3 N–H and O–H groups in total. The quantitative estimate of drug-likeness (QED) is 0.656. The lowest BCUT2D eigenvalue weighted by Gasteiger charge is -2.19. The second kappa shape index (κ2) is 5.24. The van der Waals surface area contributed by atoms with Gasteiger partial charge in [-0.3, -0.25) is 0 Å². The van der Waals surface area contributed by atoms with Gasteiger partial charge in [0, 0.05) is 22.0 Å². The van der Waals surface area contributed by atoms with Crippen molar-refractivity contribution in [1.82, 2.24) is 9.97 Å². The van der Waals surface area contributed by atoms with Crippen LogP contribution >= 0.6 is 15.9 Å². The monoisotopic (exact) mass is 320 g/mol. The Morgan fingerprint density at radius 1 is 1.21 bits per heavy atom. The van der Waals surface area contributed by atoms with E-state index in [4.69, 9.17) is 10.6 Å². The molecule has 0 atom stereocenters. The van der Waals surface area contributed by atoms with Crippen LogP contribution in [0.1, 0.15) is 11.3 Å². The molecule has 0 bridgehead atoms. The first kappa shape index (κ1) is 12.5. The standard InChI is InChI=1S/C13H13BrN4O/c14-9-3-1-8(2-4-9)12-16-11-5-6-19-7-10(11)13(17-12)18-15/h1-4H,5-7,15H2,(H,16,17,18). The van der Waals surface area contributed by atoms with Gasteiger partial charge in [0.1, 0.15) is 5.82 Å². The maximum Gasteiger partial charge on any atom is 0.161 e. The molecule has 0 fully saturated rings. The second-order valence-electron chi connectivity index (χ2n) is 4.27. The van der Waals surface area contributed by atoms with Gasteiger partial charge in [0.25, 0.3) is 0 Å². The lowest BCUT2D eigenvalue weighted by molar-refractivity contribution is 0.109. The number of rotatable bonds is 2. The van der Waals surface area contributed by atoms with Crippen LogP contribution < -0.4 is 11.3 Å². The molecule has 0 amide bonds. The van der Waals surface area contributed by atoms with E-state index >= 15 is 0 Å². The van der Waals surface area contributed by atoms with Crippen molar-refractivity contribution in [1.29, 1.82) is 0 Å². The Labute approximate surface area is 119 Å². The predicted molar refractivity (Wildman–Crippen MR) is 76.3 cm³/mol. The number of halogens is 1. The molecule has 0 saturated heterocycles. The average Bonchev–Trinajstić information content (AvgIpc) is 2.47. The van der Waals surface area contributed by atoms with E-state index in [1.165, 1.54) is 0 Å². The number of fused-ring (bicyclic) bond motifs is 1. The molecule has 1 aromatic heterocycles.